The molecule has 1 unspecified atom stereocenters. The van der Waals surface area contributed by atoms with Gasteiger partial charge in [-0.3, -0.25) is 0 Å². The summed E-state index contributed by atoms with van der Waals surface area (Å²) >= 11 is 0. The molecule has 1 atom stereocenters. The zero-order chi connectivity index (χ0) is 14.0. The van der Waals surface area contributed by atoms with Crippen LogP contribution in [0, 0.1) is 5.92 Å². The van der Waals surface area contributed by atoms with Crippen molar-refractivity contribution in [2.24, 2.45) is 5.92 Å². The number of hydrogen-bond acceptors (Lipinski definition) is 4. The minimum atomic E-state index is -2.80. The molecule has 2 heterocycles. The first-order valence-corrected chi connectivity index (χ1v) is 9.19. The summed E-state index contributed by atoms with van der Waals surface area (Å²) in [6.45, 7) is 3.59. The quantitative estimate of drug-likeness (QED) is 0.895. The van der Waals surface area contributed by atoms with Crippen LogP contribution in [0.2, 0.25) is 0 Å². The lowest BCUT2D eigenvalue weighted by Crippen LogP contribution is -2.37. The second-order valence-corrected chi connectivity index (χ2v) is 8.22. The maximum absolute atomic E-state index is 11.6. The van der Waals surface area contributed by atoms with Crippen LogP contribution in [-0.4, -0.2) is 51.0 Å². The molecule has 0 amide bonds. The van der Waals surface area contributed by atoms with Gasteiger partial charge in [0, 0.05) is 25.3 Å². The summed E-state index contributed by atoms with van der Waals surface area (Å²) < 4.78 is 23.3. The van der Waals surface area contributed by atoms with Crippen LogP contribution in [-0.2, 0) is 16.3 Å². The second kappa shape index (κ2) is 5.74. The first kappa shape index (κ1) is 13.9. The van der Waals surface area contributed by atoms with Crippen molar-refractivity contribution in [2.45, 2.75) is 12.8 Å². The Morgan fingerprint density at radius 2 is 2.05 bits per heavy atom. The molecule has 0 radical (unpaired) electrons. The van der Waals surface area contributed by atoms with Gasteiger partial charge in [-0.05, 0) is 36.9 Å². The van der Waals surface area contributed by atoms with Gasteiger partial charge in [0.1, 0.15) is 0 Å². The van der Waals surface area contributed by atoms with E-state index in [1.165, 1.54) is 11.3 Å². The predicted octanol–water partition coefficient (Wildman–Crippen LogP) is 1.39. The number of benzene rings is 1. The van der Waals surface area contributed by atoms with Gasteiger partial charge in [-0.1, -0.05) is 18.2 Å². The van der Waals surface area contributed by atoms with Crippen molar-refractivity contribution in [3.05, 3.63) is 29.8 Å². The van der Waals surface area contributed by atoms with E-state index in [9.17, 15) is 8.42 Å². The van der Waals surface area contributed by atoms with E-state index in [1.54, 1.807) is 0 Å². The van der Waals surface area contributed by atoms with Crippen molar-refractivity contribution >= 4 is 15.5 Å². The summed E-state index contributed by atoms with van der Waals surface area (Å²) in [5, 5.41) is 3.49. The third-order valence-electron chi connectivity index (χ3n) is 4.27. The van der Waals surface area contributed by atoms with Gasteiger partial charge < -0.3 is 10.2 Å². The largest absolute Gasteiger partial charge is 0.384 e. The molecular weight excluding hydrogens is 272 g/mol. The Kier molecular flexibility index (Phi) is 3.98. The molecule has 1 aromatic carbocycles. The van der Waals surface area contributed by atoms with Gasteiger partial charge >= 0.3 is 0 Å². The molecule has 0 saturated carbocycles. The molecule has 2 aliphatic rings. The van der Waals surface area contributed by atoms with Crippen molar-refractivity contribution in [3.63, 3.8) is 0 Å². The first-order valence-electron chi connectivity index (χ1n) is 7.37. The lowest BCUT2D eigenvalue weighted by Gasteiger charge is -2.30. The van der Waals surface area contributed by atoms with Crippen LogP contribution in [0.25, 0.3) is 0 Å². The van der Waals surface area contributed by atoms with E-state index in [4.69, 9.17) is 0 Å². The molecule has 1 fully saturated rings. The highest BCUT2D eigenvalue weighted by molar-refractivity contribution is 7.91. The Balaban J connectivity index is 1.59. The molecule has 1 aromatic rings. The normalized spacial score (nSPS) is 26.3. The number of fused-ring (bicyclic) bond motifs is 1. The number of para-hydroxylation sites is 1. The van der Waals surface area contributed by atoms with Crippen LogP contribution in [0.1, 0.15) is 12.0 Å². The second-order valence-electron chi connectivity index (χ2n) is 5.91. The van der Waals surface area contributed by atoms with Gasteiger partial charge in [-0.2, -0.15) is 0 Å². The Bertz CT molecular complexity index is 571. The average Bonchev–Trinajstić information content (AvgIpc) is 2.60. The molecule has 1 saturated heterocycles. The van der Waals surface area contributed by atoms with E-state index >= 15 is 0 Å². The summed E-state index contributed by atoms with van der Waals surface area (Å²) in [5.74, 6) is 1.25. The van der Waals surface area contributed by atoms with Crippen molar-refractivity contribution < 1.29 is 8.42 Å². The number of nitrogens with zero attached hydrogens (tertiary/aromatic N) is 1. The van der Waals surface area contributed by atoms with E-state index in [0.29, 0.717) is 24.0 Å². The van der Waals surface area contributed by atoms with E-state index in [-0.39, 0.29) is 0 Å². The smallest absolute Gasteiger partial charge is 0.151 e. The molecule has 110 valence electrons. The Morgan fingerprint density at radius 1 is 1.20 bits per heavy atom. The fourth-order valence-electron chi connectivity index (χ4n) is 3.18. The van der Waals surface area contributed by atoms with E-state index < -0.39 is 9.84 Å². The maximum Gasteiger partial charge on any atom is 0.151 e. The zero-order valence-electron chi connectivity index (χ0n) is 11.7. The lowest BCUT2D eigenvalue weighted by molar-refractivity contribution is 0.248. The molecule has 0 spiro atoms. The Labute approximate surface area is 121 Å². The standard InChI is InChI=1S/C15H22N2O2S/c18-20(19)8-3-6-17(7-9-20)12-13-10-14-4-1-2-5-15(14)16-11-13/h1-2,4-5,13,16H,3,6-12H2. The van der Waals surface area contributed by atoms with Crippen LogP contribution < -0.4 is 5.32 Å². The molecule has 20 heavy (non-hydrogen) atoms. The predicted molar refractivity (Wildman–Crippen MR) is 81.8 cm³/mol. The van der Waals surface area contributed by atoms with Crippen molar-refractivity contribution in [2.75, 3.05) is 43.0 Å². The van der Waals surface area contributed by atoms with Gasteiger partial charge in [-0.25, -0.2) is 8.42 Å². The molecule has 5 heteroatoms. The van der Waals surface area contributed by atoms with Gasteiger partial charge in [0.25, 0.3) is 0 Å². The average molecular weight is 294 g/mol. The summed E-state index contributed by atoms with van der Waals surface area (Å²) in [7, 11) is -2.80. The monoisotopic (exact) mass is 294 g/mol. The van der Waals surface area contributed by atoms with E-state index in [0.717, 1.165) is 32.5 Å². The minimum Gasteiger partial charge on any atom is -0.384 e. The molecule has 4 nitrogen and oxygen atoms in total. The third-order valence-corrected chi connectivity index (χ3v) is 5.99. The van der Waals surface area contributed by atoms with Crippen LogP contribution >= 0.6 is 0 Å². The molecule has 1 N–H and O–H groups in total. The molecule has 2 aliphatic heterocycles. The molecule has 0 aromatic heterocycles. The lowest BCUT2D eigenvalue weighted by atomic mass is 9.93. The third kappa shape index (κ3) is 3.33. The van der Waals surface area contributed by atoms with Crippen molar-refractivity contribution in [1.29, 1.82) is 0 Å². The molecule has 3 rings (SSSR count). The summed E-state index contributed by atoms with van der Waals surface area (Å²) in [4.78, 5) is 2.32. The van der Waals surface area contributed by atoms with Crippen LogP contribution in [0.4, 0.5) is 5.69 Å². The highest BCUT2D eigenvalue weighted by atomic mass is 32.2. The number of nitrogens with one attached hydrogen (secondary N) is 1. The van der Waals surface area contributed by atoms with Crippen LogP contribution in [0.3, 0.4) is 0 Å². The van der Waals surface area contributed by atoms with Gasteiger partial charge in [-0.15, -0.1) is 0 Å². The van der Waals surface area contributed by atoms with Crippen molar-refractivity contribution in [1.82, 2.24) is 4.90 Å². The number of rotatable bonds is 2. The van der Waals surface area contributed by atoms with Crippen LogP contribution in [0.5, 0.6) is 0 Å². The Hall–Kier alpha value is -1.07. The van der Waals surface area contributed by atoms with Crippen LogP contribution in [0.15, 0.2) is 24.3 Å². The molecule has 0 bridgehead atoms. The van der Waals surface area contributed by atoms with E-state index in [1.807, 2.05) is 0 Å². The van der Waals surface area contributed by atoms with Gasteiger partial charge in [0.05, 0.1) is 11.5 Å². The summed E-state index contributed by atoms with van der Waals surface area (Å²) in [6, 6.07) is 8.46. The number of sulfone groups is 1. The highest BCUT2D eigenvalue weighted by Crippen LogP contribution is 2.25. The first-order chi connectivity index (χ1) is 9.62. The summed E-state index contributed by atoms with van der Waals surface area (Å²) in [5.41, 5.74) is 2.63. The van der Waals surface area contributed by atoms with Gasteiger partial charge in [0.2, 0.25) is 0 Å². The minimum absolute atomic E-state index is 0.323. The van der Waals surface area contributed by atoms with E-state index in [2.05, 4.69) is 34.5 Å². The maximum atomic E-state index is 11.6. The summed E-state index contributed by atoms with van der Waals surface area (Å²) in [6.07, 6.45) is 1.87. The number of anilines is 1. The zero-order valence-corrected chi connectivity index (χ0v) is 12.5. The topological polar surface area (TPSA) is 49.4 Å². The molecular formula is C15H22N2O2S. The fourth-order valence-corrected chi connectivity index (χ4v) is 4.48. The number of hydrogen-bond donors (Lipinski definition) is 1. The molecule has 0 aliphatic carbocycles. The fraction of sp³-hybridized carbons (Fsp3) is 0.600. The van der Waals surface area contributed by atoms with Gasteiger partial charge in [0.15, 0.2) is 9.84 Å². The SMILES string of the molecule is O=S1(=O)CCCN(CC2CNc3ccccc3C2)CC1. The highest BCUT2D eigenvalue weighted by Gasteiger charge is 2.23. The van der Waals surface area contributed by atoms with Crippen molar-refractivity contribution in [3.8, 4) is 0 Å². The Morgan fingerprint density at radius 3 is 2.95 bits per heavy atom.